The third-order valence-electron chi connectivity index (χ3n) is 3.99. The van der Waals surface area contributed by atoms with Gasteiger partial charge in [-0.3, -0.25) is 9.59 Å². The normalized spacial score (nSPS) is 10.3. The Morgan fingerprint density at radius 3 is 1.20 bits per heavy atom. The van der Waals surface area contributed by atoms with E-state index in [9.17, 15) is 9.59 Å². The Kier molecular flexibility index (Phi) is 5.72. The van der Waals surface area contributed by atoms with Crippen LogP contribution in [0.5, 0.6) is 0 Å². The predicted molar refractivity (Wildman–Crippen MR) is 96.0 cm³/mol. The van der Waals surface area contributed by atoms with Crippen LogP contribution in [0, 0.1) is 0 Å². The number of carbonyl (C=O) groups excluding carboxylic acids is 2. The minimum Gasteiger partial charge on any atom is -0.461 e. The first-order valence-electron chi connectivity index (χ1n) is 7.76. The summed E-state index contributed by atoms with van der Waals surface area (Å²) in [6, 6.07) is 15.8. The van der Waals surface area contributed by atoms with Gasteiger partial charge >= 0.3 is 11.9 Å². The van der Waals surface area contributed by atoms with Gasteiger partial charge in [-0.15, -0.1) is 0 Å². The lowest BCUT2D eigenvalue weighted by Gasteiger charge is -2.16. The molecule has 3 aromatic carbocycles. The summed E-state index contributed by atoms with van der Waals surface area (Å²) in [7, 11) is 0. The summed E-state index contributed by atoms with van der Waals surface area (Å²) in [5.41, 5.74) is 1.92. The fraction of sp³-hybridized carbons (Fsp3) is 0.200. The van der Waals surface area contributed by atoms with Crippen molar-refractivity contribution in [3.63, 3.8) is 0 Å². The van der Waals surface area contributed by atoms with Crippen LogP contribution in [0.25, 0.3) is 21.5 Å². The molecule has 0 amide bonds. The van der Waals surface area contributed by atoms with Gasteiger partial charge in [0.25, 0.3) is 0 Å². The summed E-state index contributed by atoms with van der Waals surface area (Å²) in [6.45, 7) is 3.23. The van der Waals surface area contributed by atoms with E-state index in [1.165, 1.54) is 13.8 Å². The van der Waals surface area contributed by atoms with Gasteiger partial charge in [0.1, 0.15) is 13.2 Å². The van der Waals surface area contributed by atoms with Crippen LogP contribution in [0.3, 0.4) is 0 Å². The first-order chi connectivity index (χ1) is 11.6. The summed E-state index contributed by atoms with van der Waals surface area (Å²) < 4.78 is 10.5. The Labute approximate surface area is 145 Å². The Morgan fingerprint density at radius 2 is 0.960 bits per heavy atom. The molecule has 5 nitrogen and oxygen atoms in total. The molecule has 3 aromatic rings. The molecule has 5 heteroatoms. The molecule has 0 saturated carbocycles. The van der Waals surface area contributed by atoms with Gasteiger partial charge in [0.15, 0.2) is 0 Å². The highest BCUT2D eigenvalue weighted by Gasteiger charge is 2.15. The molecule has 0 saturated heterocycles. The molecule has 0 radical (unpaired) electrons. The average molecular weight is 340 g/mol. The molecule has 0 fully saturated rings. The molecule has 130 valence electrons. The second-order valence-corrected chi connectivity index (χ2v) is 5.61. The van der Waals surface area contributed by atoms with Crippen molar-refractivity contribution in [2.24, 2.45) is 0 Å². The van der Waals surface area contributed by atoms with Gasteiger partial charge in [-0.05, 0) is 21.5 Å². The quantitative estimate of drug-likeness (QED) is 0.539. The highest BCUT2D eigenvalue weighted by atomic mass is 16.5. The van der Waals surface area contributed by atoms with Crippen molar-refractivity contribution in [3.05, 3.63) is 59.7 Å². The molecule has 0 aliphatic rings. The van der Waals surface area contributed by atoms with Crippen molar-refractivity contribution in [2.45, 2.75) is 27.1 Å². The van der Waals surface area contributed by atoms with Crippen LogP contribution in [0.2, 0.25) is 0 Å². The fourth-order valence-corrected chi connectivity index (χ4v) is 2.97. The summed E-state index contributed by atoms with van der Waals surface area (Å²) in [5.74, 6) is -0.626. The van der Waals surface area contributed by atoms with Crippen molar-refractivity contribution in [2.75, 3.05) is 0 Å². The number of benzene rings is 3. The second kappa shape index (κ2) is 7.77. The van der Waals surface area contributed by atoms with Gasteiger partial charge < -0.3 is 14.9 Å². The summed E-state index contributed by atoms with van der Waals surface area (Å²) in [6.07, 6.45) is 0. The van der Waals surface area contributed by atoms with Crippen LogP contribution < -0.4 is 0 Å². The first-order valence-corrected chi connectivity index (χ1v) is 7.76. The zero-order valence-electron chi connectivity index (χ0n) is 14.2. The van der Waals surface area contributed by atoms with Crippen LogP contribution in [0.15, 0.2) is 48.5 Å². The molecule has 0 bridgehead atoms. The van der Waals surface area contributed by atoms with E-state index in [0.29, 0.717) is 0 Å². The molecule has 0 aromatic heterocycles. The van der Waals surface area contributed by atoms with Crippen molar-refractivity contribution in [1.82, 2.24) is 0 Å². The summed E-state index contributed by atoms with van der Waals surface area (Å²) >= 11 is 0. The van der Waals surface area contributed by atoms with Crippen LogP contribution >= 0.6 is 0 Å². The maximum Gasteiger partial charge on any atom is 0.302 e. The van der Waals surface area contributed by atoms with Gasteiger partial charge in [0.05, 0.1) is 0 Å². The zero-order chi connectivity index (χ0) is 17.1. The number of hydrogen-bond donors (Lipinski definition) is 0. The zero-order valence-corrected chi connectivity index (χ0v) is 14.2. The molecule has 0 aliphatic heterocycles. The van der Waals surface area contributed by atoms with E-state index in [-0.39, 0.29) is 30.6 Å². The van der Waals surface area contributed by atoms with Crippen LogP contribution in [-0.4, -0.2) is 17.4 Å². The van der Waals surface area contributed by atoms with Gasteiger partial charge in [-0.1, -0.05) is 48.5 Å². The Balaban J connectivity index is 0.00000225. The number of hydrogen-bond acceptors (Lipinski definition) is 4. The molecule has 0 heterocycles. The van der Waals surface area contributed by atoms with E-state index in [1.807, 2.05) is 48.5 Å². The second-order valence-electron chi connectivity index (χ2n) is 5.61. The Bertz CT molecular complexity index is 797. The minimum atomic E-state index is -0.313. The molecule has 0 aliphatic carbocycles. The number of esters is 2. The summed E-state index contributed by atoms with van der Waals surface area (Å²) in [5, 5.41) is 4.00. The maximum absolute atomic E-state index is 11.3. The minimum absolute atomic E-state index is 0. The molecular formula is C20H20O5. The van der Waals surface area contributed by atoms with Gasteiger partial charge in [-0.25, -0.2) is 0 Å². The van der Waals surface area contributed by atoms with E-state index >= 15 is 0 Å². The number of fused-ring (bicyclic) bond motifs is 2. The fourth-order valence-electron chi connectivity index (χ4n) is 2.97. The SMILES string of the molecule is CC(=O)OCc1c2ccccc2c(COC(C)=O)c2ccccc12.O. The smallest absolute Gasteiger partial charge is 0.302 e. The van der Waals surface area contributed by atoms with Crippen molar-refractivity contribution in [1.29, 1.82) is 0 Å². The molecule has 3 rings (SSSR count). The highest BCUT2D eigenvalue weighted by Crippen LogP contribution is 2.33. The molecule has 2 N–H and O–H groups in total. The number of carbonyl (C=O) groups is 2. The molecule has 0 spiro atoms. The number of rotatable bonds is 4. The van der Waals surface area contributed by atoms with E-state index in [4.69, 9.17) is 9.47 Å². The molecular weight excluding hydrogens is 320 g/mol. The third kappa shape index (κ3) is 3.78. The largest absolute Gasteiger partial charge is 0.461 e. The van der Waals surface area contributed by atoms with Crippen LogP contribution in [-0.2, 0) is 32.3 Å². The lowest BCUT2D eigenvalue weighted by molar-refractivity contribution is -0.143. The van der Waals surface area contributed by atoms with E-state index < -0.39 is 0 Å². The topological polar surface area (TPSA) is 84.1 Å². The third-order valence-corrected chi connectivity index (χ3v) is 3.99. The first kappa shape index (κ1) is 18.4. The Morgan fingerprint density at radius 1 is 0.680 bits per heavy atom. The van der Waals surface area contributed by atoms with Gasteiger partial charge in [0, 0.05) is 25.0 Å². The lowest BCUT2D eigenvalue weighted by Crippen LogP contribution is -2.04. The standard InChI is InChI=1S/C20H18O4.H2O/c1-13(21)23-11-19-15-7-3-5-9-17(15)20(12-24-14(2)22)18-10-6-4-8-16(18)19;/h3-10H,11-12H2,1-2H3;1H2. The van der Waals surface area contributed by atoms with Crippen molar-refractivity contribution in [3.8, 4) is 0 Å². The summed E-state index contributed by atoms with van der Waals surface area (Å²) in [4.78, 5) is 22.5. The number of ether oxygens (including phenoxy) is 2. The molecule has 25 heavy (non-hydrogen) atoms. The van der Waals surface area contributed by atoms with Gasteiger partial charge in [0.2, 0.25) is 0 Å². The van der Waals surface area contributed by atoms with Crippen molar-refractivity contribution < 1.29 is 24.5 Å². The van der Waals surface area contributed by atoms with E-state index in [1.54, 1.807) is 0 Å². The van der Waals surface area contributed by atoms with Gasteiger partial charge in [-0.2, -0.15) is 0 Å². The average Bonchev–Trinajstić information content (AvgIpc) is 2.57. The Hall–Kier alpha value is -2.92. The highest BCUT2D eigenvalue weighted by molar-refractivity contribution is 6.05. The van der Waals surface area contributed by atoms with E-state index in [2.05, 4.69) is 0 Å². The van der Waals surface area contributed by atoms with Crippen molar-refractivity contribution >= 4 is 33.5 Å². The predicted octanol–water partition coefficient (Wildman–Crippen LogP) is 3.29. The van der Waals surface area contributed by atoms with Crippen LogP contribution in [0.4, 0.5) is 0 Å². The monoisotopic (exact) mass is 340 g/mol. The lowest BCUT2D eigenvalue weighted by atomic mass is 9.92. The van der Waals surface area contributed by atoms with Crippen LogP contribution in [0.1, 0.15) is 25.0 Å². The molecule has 0 unspecified atom stereocenters. The molecule has 0 atom stereocenters. The van der Waals surface area contributed by atoms with E-state index in [0.717, 1.165) is 32.7 Å². The maximum atomic E-state index is 11.3.